The normalized spacial score (nSPS) is 16.6. The smallest absolute Gasteiger partial charge is 0.130 e. The summed E-state index contributed by atoms with van der Waals surface area (Å²) in [6.45, 7) is 8.74. The molecule has 16 heavy (non-hydrogen) atoms. The monoisotopic (exact) mass is 219 g/mol. The zero-order valence-electron chi connectivity index (χ0n) is 10.5. The SMILES string of the molecule is CC(C)(C)Nc1cccc(N2CCCC2)n1. The Morgan fingerprint density at radius 3 is 2.50 bits per heavy atom. The van der Waals surface area contributed by atoms with Crippen molar-refractivity contribution >= 4 is 11.6 Å². The van der Waals surface area contributed by atoms with Crippen LogP contribution in [0.15, 0.2) is 18.2 Å². The standard InChI is InChI=1S/C13H21N3/c1-13(2,3)15-11-7-6-8-12(14-11)16-9-4-5-10-16/h6-8H,4-5,9-10H2,1-3H3,(H,14,15). The van der Waals surface area contributed by atoms with Gasteiger partial charge in [0.2, 0.25) is 0 Å². The van der Waals surface area contributed by atoms with Crippen molar-refractivity contribution in [1.82, 2.24) is 4.98 Å². The van der Waals surface area contributed by atoms with Crippen molar-refractivity contribution in [3.63, 3.8) is 0 Å². The lowest BCUT2D eigenvalue weighted by Crippen LogP contribution is -2.27. The summed E-state index contributed by atoms with van der Waals surface area (Å²) in [5, 5.41) is 3.41. The van der Waals surface area contributed by atoms with Crippen LogP contribution in [0.3, 0.4) is 0 Å². The van der Waals surface area contributed by atoms with Gasteiger partial charge in [0.25, 0.3) is 0 Å². The Labute approximate surface area is 97.9 Å². The van der Waals surface area contributed by atoms with Crippen LogP contribution < -0.4 is 10.2 Å². The Kier molecular flexibility index (Phi) is 3.03. The third-order valence-electron chi connectivity index (χ3n) is 2.67. The first-order chi connectivity index (χ1) is 7.54. The molecule has 0 unspecified atom stereocenters. The number of rotatable bonds is 2. The van der Waals surface area contributed by atoms with E-state index in [1.54, 1.807) is 0 Å². The Morgan fingerprint density at radius 2 is 1.88 bits per heavy atom. The molecule has 1 aliphatic heterocycles. The van der Waals surface area contributed by atoms with E-state index in [9.17, 15) is 0 Å². The van der Waals surface area contributed by atoms with E-state index in [2.05, 4.69) is 48.1 Å². The van der Waals surface area contributed by atoms with E-state index in [0.29, 0.717) is 0 Å². The molecule has 1 saturated heterocycles. The number of nitrogens with zero attached hydrogens (tertiary/aromatic N) is 2. The molecule has 3 nitrogen and oxygen atoms in total. The molecule has 88 valence electrons. The van der Waals surface area contributed by atoms with E-state index in [1.807, 2.05) is 6.07 Å². The van der Waals surface area contributed by atoms with Gasteiger partial charge in [-0.05, 0) is 45.7 Å². The van der Waals surface area contributed by atoms with Crippen molar-refractivity contribution in [2.24, 2.45) is 0 Å². The van der Waals surface area contributed by atoms with Crippen LogP contribution in [-0.4, -0.2) is 23.6 Å². The summed E-state index contributed by atoms with van der Waals surface area (Å²) in [7, 11) is 0. The Balaban J connectivity index is 2.12. The van der Waals surface area contributed by atoms with Crippen molar-refractivity contribution < 1.29 is 0 Å². The van der Waals surface area contributed by atoms with Crippen molar-refractivity contribution in [2.75, 3.05) is 23.3 Å². The van der Waals surface area contributed by atoms with Crippen LogP contribution in [0.4, 0.5) is 11.6 Å². The van der Waals surface area contributed by atoms with Crippen molar-refractivity contribution in [1.29, 1.82) is 0 Å². The Bertz CT molecular complexity index is 348. The molecule has 0 atom stereocenters. The molecule has 2 heterocycles. The largest absolute Gasteiger partial charge is 0.365 e. The predicted octanol–water partition coefficient (Wildman–Crippen LogP) is 2.89. The van der Waals surface area contributed by atoms with Crippen LogP contribution in [0.1, 0.15) is 33.6 Å². The van der Waals surface area contributed by atoms with Crippen molar-refractivity contribution in [3.8, 4) is 0 Å². The van der Waals surface area contributed by atoms with Gasteiger partial charge in [-0.25, -0.2) is 4.98 Å². The van der Waals surface area contributed by atoms with Crippen LogP contribution in [0, 0.1) is 0 Å². The fraction of sp³-hybridized carbons (Fsp3) is 0.615. The Hall–Kier alpha value is -1.25. The summed E-state index contributed by atoms with van der Waals surface area (Å²) >= 11 is 0. The number of hydrogen-bond donors (Lipinski definition) is 1. The van der Waals surface area contributed by atoms with E-state index in [4.69, 9.17) is 0 Å². The lowest BCUT2D eigenvalue weighted by molar-refractivity contribution is 0.630. The van der Waals surface area contributed by atoms with Gasteiger partial charge in [-0.15, -0.1) is 0 Å². The van der Waals surface area contributed by atoms with Crippen LogP contribution in [0.25, 0.3) is 0 Å². The minimum absolute atomic E-state index is 0.0661. The quantitative estimate of drug-likeness (QED) is 0.829. The minimum atomic E-state index is 0.0661. The van der Waals surface area contributed by atoms with Crippen molar-refractivity contribution in [2.45, 2.75) is 39.2 Å². The summed E-state index contributed by atoms with van der Waals surface area (Å²) in [4.78, 5) is 7.01. The van der Waals surface area contributed by atoms with E-state index in [0.717, 1.165) is 24.7 Å². The second-order valence-corrected chi connectivity index (χ2v) is 5.45. The molecule has 0 bridgehead atoms. The van der Waals surface area contributed by atoms with Crippen LogP contribution in [0.5, 0.6) is 0 Å². The molecular formula is C13H21N3. The number of hydrogen-bond acceptors (Lipinski definition) is 3. The van der Waals surface area contributed by atoms with Gasteiger partial charge < -0.3 is 10.2 Å². The molecule has 0 saturated carbocycles. The van der Waals surface area contributed by atoms with E-state index in [-0.39, 0.29) is 5.54 Å². The number of aromatic nitrogens is 1. The van der Waals surface area contributed by atoms with Gasteiger partial charge in [0.05, 0.1) is 0 Å². The number of anilines is 2. The lowest BCUT2D eigenvalue weighted by Gasteiger charge is -2.23. The molecule has 1 aliphatic rings. The average molecular weight is 219 g/mol. The molecular weight excluding hydrogens is 198 g/mol. The zero-order valence-corrected chi connectivity index (χ0v) is 10.5. The molecule has 1 aromatic heterocycles. The highest BCUT2D eigenvalue weighted by atomic mass is 15.2. The first kappa shape index (κ1) is 11.2. The summed E-state index contributed by atoms with van der Waals surface area (Å²) in [6, 6.07) is 6.21. The number of nitrogens with one attached hydrogen (secondary N) is 1. The van der Waals surface area contributed by atoms with Gasteiger partial charge in [-0.2, -0.15) is 0 Å². The fourth-order valence-corrected chi connectivity index (χ4v) is 2.00. The summed E-state index contributed by atoms with van der Waals surface area (Å²) in [6.07, 6.45) is 2.58. The fourth-order valence-electron chi connectivity index (χ4n) is 2.00. The molecule has 1 aromatic rings. The lowest BCUT2D eigenvalue weighted by atomic mass is 10.1. The second-order valence-electron chi connectivity index (χ2n) is 5.45. The average Bonchev–Trinajstić information content (AvgIpc) is 2.68. The highest BCUT2D eigenvalue weighted by molar-refractivity contribution is 5.48. The van der Waals surface area contributed by atoms with Gasteiger partial charge in [0.15, 0.2) is 0 Å². The minimum Gasteiger partial charge on any atom is -0.365 e. The maximum atomic E-state index is 4.65. The molecule has 1 fully saturated rings. The van der Waals surface area contributed by atoms with Crippen LogP contribution in [0.2, 0.25) is 0 Å². The summed E-state index contributed by atoms with van der Waals surface area (Å²) in [5.74, 6) is 2.07. The van der Waals surface area contributed by atoms with E-state index >= 15 is 0 Å². The highest BCUT2D eigenvalue weighted by Gasteiger charge is 2.15. The topological polar surface area (TPSA) is 28.2 Å². The molecule has 0 spiro atoms. The van der Waals surface area contributed by atoms with Gasteiger partial charge in [-0.1, -0.05) is 6.07 Å². The van der Waals surface area contributed by atoms with Crippen LogP contribution in [-0.2, 0) is 0 Å². The summed E-state index contributed by atoms with van der Waals surface area (Å²) in [5.41, 5.74) is 0.0661. The molecule has 0 aromatic carbocycles. The maximum absolute atomic E-state index is 4.65. The zero-order chi connectivity index (χ0) is 11.6. The molecule has 2 rings (SSSR count). The molecule has 0 aliphatic carbocycles. The van der Waals surface area contributed by atoms with Gasteiger partial charge in [0, 0.05) is 18.6 Å². The van der Waals surface area contributed by atoms with Gasteiger partial charge in [0.1, 0.15) is 11.6 Å². The Morgan fingerprint density at radius 1 is 1.19 bits per heavy atom. The first-order valence-corrected chi connectivity index (χ1v) is 6.05. The van der Waals surface area contributed by atoms with Gasteiger partial charge in [-0.3, -0.25) is 0 Å². The maximum Gasteiger partial charge on any atom is 0.130 e. The third-order valence-corrected chi connectivity index (χ3v) is 2.67. The van der Waals surface area contributed by atoms with Gasteiger partial charge >= 0.3 is 0 Å². The molecule has 1 N–H and O–H groups in total. The predicted molar refractivity (Wildman–Crippen MR) is 69.1 cm³/mol. The first-order valence-electron chi connectivity index (χ1n) is 6.05. The van der Waals surface area contributed by atoms with E-state index in [1.165, 1.54) is 12.8 Å². The molecule has 0 amide bonds. The number of pyridine rings is 1. The van der Waals surface area contributed by atoms with E-state index < -0.39 is 0 Å². The molecule has 0 radical (unpaired) electrons. The third kappa shape index (κ3) is 2.87. The van der Waals surface area contributed by atoms with Crippen LogP contribution >= 0.6 is 0 Å². The van der Waals surface area contributed by atoms with Crippen molar-refractivity contribution in [3.05, 3.63) is 18.2 Å². The second kappa shape index (κ2) is 4.32. The summed E-state index contributed by atoms with van der Waals surface area (Å²) < 4.78 is 0. The molecule has 3 heteroatoms. The highest BCUT2D eigenvalue weighted by Crippen LogP contribution is 2.20.